The molecule has 1 aromatic rings. The Bertz CT molecular complexity index is 475. The SMILES string of the molecule is COc1ccc(NC(=O)[C@H](C)N2CCOCC2)cc1Cl. The highest BCUT2D eigenvalue weighted by atomic mass is 35.5. The summed E-state index contributed by atoms with van der Waals surface area (Å²) in [6, 6.07) is 5.00. The number of anilines is 1. The van der Waals surface area contributed by atoms with Crippen molar-refractivity contribution in [3.63, 3.8) is 0 Å². The zero-order valence-electron chi connectivity index (χ0n) is 11.7. The quantitative estimate of drug-likeness (QED) is 0.924. The molecule has 1 aromatic carbocycles. The molecule has 0 radical (unpaired) electrons. The molecular formula is C14H19ClN2O3. The van der Waals surface area contributed by atoms with E-state index in [-0.39, 0.29) is 11.9 Å². The number of hydrogen-bond acceptors (Lipinski definition) is 4. The number of ether oxygens (including phenoxy) is 2. The zero-order chi connectivity index (χ0) is 14.5. The first-order chi connectivity index (χ1) is 9.61. The predicted molar refractivity (Wildman–Crippen MR) is 78.5 cm³/mol. The minimum absolute atomic E-state index is 0.0480. The Morgan fingerprint density at radius 1 is 1.45 bits per heavy atom. The number of amides is 1. The molecule has 1 atom stereocenters. The first-order valence-corrected chi connectivity index (χ1v) is 6.96. The number of nitrogens with zero attached hydrogens (tertiary/aromatic N) is 1. The molecule has 5 nitrogen and oxygen atoms in total. The van der Waals surface area contributed by atoms with E-state index in [1.54, 1.807) is 25.3 Å². The van der Waals surface area contributed by atoms with Crippen molar-refractivity contribution < 1.29 is 14.3 Å². The zero-order valence-corrected chi connectivity index (χ0v) is 12.4. The van der Waals surface area contributed by atoms with Gasteiger partial charge < -0.3 is 14.8 Å². The normalized spacial score (nSPS) is 17.6. The minimum atomic E-state index is -0.195. The van der Waals surface area contributed by atoms with Gasteiger partial charge in [-0.25, -0.2) is 0 Å². The number of methoxy groups -OCH3 is 1. The number of carbonyl (C=O) groups is 1. The van der Waals surface area contributed by atoms with E-state index in [1.165, 1.54) is 0 Å². The number of hydrogen-bond donors (Lipinski definition) is 1. The first-order valence-electron chi connectivity index (χ1n) is 6.58. The summed E-state index contributed by atoms with van der Waals surface area (Å²) in [6.45, 7) is 4.79. The van der Waals surface area contributed by atoms with Gasteiger partial charge in [0.1, 0.15) is 5.75 Å². The highest BCUT2D eigenvalue weighted by Crippen LogP contribution is 2.27. The van der Waals surface area contributed by atoms with Gasteiger partial charge in [-0.3, -0.25) is 9.69 Å². The molecule has 2 rings (SSSR count). The van der Waals surface area contributed by atoms with Crippen LogP contribution >= 0.6 is 11.6 Å². The van der Waals surface area contributed by atoms with Crippen LogP contribution in [0.5, 0.6) is 5.75 Å². The van der Waals surface area contributed by atoms with Crippen molar-refractivity contribution in [2.75, 3.05) is 38.7 Å². The van der Waals surface area contributed by atoms with Crippen LogP contribution < -0.4 is 10.1 Å². The largest absolute Gasteiger partial charge is 0.495 e. The van der Waals surface area contributed by atoms with E-state index in [9.17, 15) is 4.79 Å². The second-order valence-electron chi connectivity index (χ2n) is 4.66. The van der Waals surface area contributed by atoms with Crippen LogP contribution in [0.15, 0.2) is 18.2 Å². The Balaban J connectivity index is 1.98. The maximum atomic E-state index is 12.2. The third-order valence-corrected chi connectivity index (χ3v) is 3.69. The molecule has 1 aliphatic heterocycles. The monoisotopic (exact) mass is 298 g/mol. The van der Waals surface area contributed by atoms with E-state index in [1.807, 2.05) is 6.92 Å². The second-order valence-corrected chi connectivity index (χ2v) is 5.07. The Labute approximate surface area is 123 Å². The van der Waals surface area contributed by atoms with E-state index < -0.39 is 0 Å². The number of nitrogens with one attached hydrogen (secondary N) is 1. The van der Waals surface area contributed by atoms with E-state index >= 15 is 0 Å². The summed E-state index contributed by atoms with van der Waals surface area (Å²) >= 11 is 6.04. The molecule has 1 saturated heterocycles. The number of rotatable bonds is 4. The number of halogens is 1. The molecular weight excluding hydrogens is 280 g/mol. The molecule has 1 N–H and O–H groups in total. The fourth-order valence-corrected chi connectivity index (χ4v) is 2.38. The molecule has 1 amide bonds. The van der Waals surface area contributed by atoms with Crippen molar-refractivity contribution in [1.29, 1.82) is 0 Å². The molecule has 110 valence electrons. The van der Waals surface area contributed by atoms with E-state index in [0.29, 0.717) is 29.7 Å². The van der Waals surface area contributed by atoms with Crippen molar-refractivity contribution >= 4 is 23.2 Å². The average Bonchev–Trinajstić information content (AvgIpc) is 2.47. The molecule has 20 heavy (non-hydrogen) atoms. The lowest BCUT2D eigenvalue weighted by Gasteiger charge is -2.31. The lowest BCUT2D eigenvalue weighted by Crippen LogP contribution is -2.47. The van der Waals surface area contributed by atoms with Crippen molar-refractivity contribution in [3.05, 3.63) is 23.2 Å². The van der Waals surface area contributed by atoms with Crippen molar-refractivity contribution in [2.24, 2.45) is 0 Å². The van der Waals surface area contributed by atoms with Gasteiger partial charge in [0.05, 0.1) is 31.4 Å². The Hall–Kier alpha value is -1.30. The molecule has 1 aliphatic rings. The number of carbonyl (C=O) groups excluding carboxylic acids is 1. The van der Waals surface area contributed by atoms with Crippen LogP contribution in [0.1, 0.15) is 6.92 Å². The summed E-state index contributed by atoms with van der Waals surface area (Å²) in [5.74, 6) is 0.541. The van der Waals surface area contributed by atoms with E-state index in [0.717, 1.165) is 13.1 Å². The van der Waals surface area contributed by atoms with Gasteiger partial charge in [-0.2, -0.15) is 0 Å². The van der Waals surface area contributed by atoms with Crippen LogP contribution in [-0.4, -0.2) is 50.3 Å². The molecule has 0 saturated carbocycles. The van der Waals surface area contributed by atoms with Crippen LogP contribution in [-0.2, 0) is 9.53 Å². The van der Waals surface area contributed by atoms with Gasteiger partial charge in [0.2, 0.25) is 5.91 Å². The third kappa shape index (κ3) is 3.62. The molecule has 0 aromatic heterocycles. The molecule has 1 fully saturated rings. The fourth-order valence-electron chi connectivity index (χ4n) is 2.12. The Morgan fingerprint density at radius 3 is 2.75 bits per heavy atom. The van der Waals surface area contributed by atoms with E-state index in [4.69, 9.17) is 21.1 Å². The van der Waals surface area contributed by atoms with Crippen LogP contribution in [0.4, 0.5) is 5.69 Å². The summed E-state index contributed by atoms with van der Waals surface area (Å²) in [5, 5.41) is 3.35. The summed E-state index contributed by atoms with van der Waals surface area (Å²) < 4.78 is 10.4. The summed E-state index contributed by atoms with van der Waals surface area (Å²) in [6.07, 6.45) is 0. The van der Waals surface area contributed by atoms with Gasteiger partial charge in [-0.1, -0.05) is 11.6 Å². The minimum Gasteiger partial charge on any atom is -0.495 e. The van der Waals surface area contributed by atoms with Crippen molar-refractivity contribution in [2.45, 2.75) is 13.0 Å². The van der Waals surface area contributed by atoms with Gasteiger partial charge in [-0.05, 0) is 25.1 Å². The maximum Gasteiger partial charge on any atom is 0.241 e. The van der Waals surface area contributed by atoms with Gasteiger partial charge in [0.15, 0.2) is 0 Å². The van der Waals surface area contributed by atoms with Gasteiger partial charge in [-0.15, -0.1) is 0 Å². The molecule has 6 heteroatoms. The molecule has 0 bridgehead atoms. The maximum absolute atomic E-state index is 12.2. The average molecular weight is 299 g/mol. The fraction of sp³-hybridized carbons (Fsp3) is 0.500. The predicted octanol–water partition coefficient (Wildman–Crippen LogP) is 2.01. The third-order valence-electron chi connectivity index (χ3n) is 3.39. The number of morpholine rings is 1. The summed E-state index contributed by atoms with van der Waals surface area (Å²) in [7, 11) is 1.56. The molecule has 0 spiro atoms. The molecule has 1 heterocycles. The lowest BCUT2D eigenvalue weighted by atomic mass is 10.2. The van der Waals surface area contributed by atoms with Gasteiger partial charge in [0.25, 0.3) is 0 Å². The Morgan fingerprint density at radius 2 is 2.15 bits per heavy atom. The van der Waals surface area contributed by atoms with Gasteiger partial charge >= 0.3 is 0 Å². The van der Waals surface area contributed by atoms with Crippen LogP contribution in [0.25, 0.3) is 0 Å². The van der Waals surface area contributed by atoms with Crippen LogP contribution in [0, 0.1) is 0 Å². The lowest BCUT2D eigenvalue weighted by molar-refractivity contribution is -0.122. The highest BCUT2D eigenvalue weighted by Gasteiger charge is 2.23. The summed E-state index contributed by atoms with van der Waals surface area (Å²) in [5.41, 5.74) is 0.668. The highest BCUT2D eigenvalue weighted by molar-refractivity contribution is 6.32. The van der Waals surface area contributed by atoms with Crippen molar-refractivity contribution in [3.8, 4) is 5.75 Å². The summed E-state index contributed by atoms with van der Waals surface area (Å²) in [4.78, 5) is 14.3. The number of benzene rings is 1. The van der Waals surface area contributed by atoms with Crippen LogP contribution in [0.2, 0.25) is 5.02 Å². The smallest absolute Gasteiger partial charge is 0.241 e. The molecule has 0 unspecified atom stereocenters. The van der Waals surface area contributed by atoms with Crippen molar-refractivity contribution in [1.82, 2.24) is 4.90 Å². The van der Waals surface area contributed by atoms with Crippen LogP contribution in [0.3, 0.4) is 0 Å². The van der Waals surface area contributed by atoms with E-state index in [2.05, 4.69) is 10.2 Å². The first kappa shape index (κ1) is 15.1. The molecule has 0 aliphatic carbocycles. The second kappa shape index (κ2) is 6.92. The standard InChI is InChI=1S/C14H19ClN2O3/c1-10(17-5-7-20-8-6-17)14(18)16-11-3-4-13(19-2)12(15)9-11/h3-4,9-10H,5-8H2,1-2H3,(H,16,18)/t10-/m0/s1. The van der Waals surface area contributed by atoms with Gasteiger partial charge in [0, 0.05) is 18.8 Å². The topological polar surface area (TPSA) is 50.8 Å². The Kier molecular flexibility index (Phi) is 5.23.